The molecule has 0 fully saturated rings. The molecule has 0 saturated carbocycles. The number of anilines is 1. The maximum Gasteiger partial charge on any atom is 0.357 e. The number of amides is 1. The Bertz CT molecular complexity index is 720. The quantitative estimate of drug-likeness (QED) is 0.845. The summed E-state index contributed by atoms with van der Waals surface area (Å²) in [5, 5.41) is 2.94. The molecule has 1 heterocycles. The summed E-state index contributed by atoms with van der Waals surface area (Å²) in [7, 11) is 0. The van der Waals surface area contributed by atoms with E-state index in [9.17, 15) is 9.59 Å². The van der Waals surface area contributed by atoms with Gasteiger partial charge in [-0.1, -0.05) is 30.7 Å². The highest BCUT2D eigenvalue weighted by molar-refractivity contribution is 6.31. The van der Waals surface area contributed by atoms with Gasteiger partial charge in [0, 0.05) is 12.6 Å². The lowest BCUT2D eigenvalue weighted by Crippen LogP contribution is -2.15. The minimum absolute atomic E-state index is 0.205. The summed E-state index contributed by atoms with van der Waals surface area (Å²) in [5.74, 6) is -0.826. The molecular weight excluding hydrogens is 316 g/mol. The average molecular weight is 335 g/mol. The molecule has 0 radical (unpaired) electrons. The number of carbonyl (C=O) groups excluding carboxylic acids is 2. The van der Waals surface area contributed by atoms with Gasteiger partial charge in [0.05, 0.1) is 12.3 Å². The predicted molar refractivity (Wildman–Crippen MR) is 90.4 cm³/mol. The summed E-state index contributed by atoms with van der Waals surface area (Å²) in [6, 6.07) is 9.25. The van der Waals surface area contributed by atoms with Crippen molar-refractivity contribution in [1.29, 1.82) is 0 Å². The Morgan fingerprint density at radius 1 is 1.22 bits per heavy atom. The van der Waals surface area contributed by atoms with E-state index in [0.29, 0.717) is 10.8 Å². The fourth-order valence-corrected chi connectivity index (χ4v) is 2.59. The van der Waals surface area contributed by atoms with Crippen LogP contribution in [0.5, 0.6) is 0 Å². The number of rotatable bonds is 5. The third-order valence-electron chi connectivity index (χ3n) is 3.34. The number of halogens is 1. The molecule has 0 saturated heterocycles. The van der Waals surface area contributed by atoms with Crippen LogP contribution in [0.4, 0.5) is 5.69 Å². The summed E-state index contributed by atoms with van der Waals surface area (Å²) in [5.41, 5.74) is 2.44. The second-order valence-corrected chi connectivity index (χ2v) is 5.37. The van der Waals surface area contributed by atoms with Crippen LogP contribution < -0.4 is 5.32 Å². The van der Waals surface area contributed by atoms with Crippen molar-refractivity contribution in [3.05, 3.63) is 46.7 Å². The summed E-state index contributed by atoms with van der Waals surface area (Å²) in [4.78, 5) is 23.7. The normalized spacial score (nSPS) is 10.4. The van der Waals surface area contributed by atoms with E-state index in [1.165, 1.54) is 12.5 Å². The maximum absolute atomic E-state index is 12.3. The topological polar surface area (TPSA) is 60.3 Å². The van der Waals surface area contributed by atoms with Crippen LogP contribution in [0.2, 0.25) is 5.15 Å². The van der Waals surface area contributed by atoms with Crippen LogP contribution in [-0.4, -0.2) is 23.1 Å². The molecule has 0 aliphatic rings. The van der Waals surface area contributed by atoms with Gasteiger partial charge < -0.3 is 10.1 Å². The minimum atomic E-state index is -0.539. The Hall–Kier alpha value is -2.27. The molecule has 122 valence electrons. The SMILES string of the molecule is CCOC(=O)c1c(NC(C)=O)cc(Cl)n1-c1ccc(CC)cc1. The predicted octanol–water partition coefficient (Wildman–Crippen LogP) is 3.83. The number of ether oxygens (including phenoxy) is 1. The molecule has 1 aromatic carbocycles. The van der Waals surface area contributed by atoms with Gasteiger partial charge in [-0.15, -0.1) is 0 Å². The first-order chi connectivity index (χ1) is 11.0. The van der Waals surface area contributed by atoms with Crippen molar-refractivity contribution in [2.75, 3.05) is 11.9 Å². The summed E-state index contributed by atoms with van der Waals surface area (Å²) >= 11 is 6.29. The van der Waals surface area contributed by atoms with E-state index in [1.54, 1.807) is 17.6 Å². The van der Waals surface area contributed by atoms with Gasteiger partial charge in [-0.05, 0) is 37.1 Å². The van der Waals surface area contributed by atoms with Gasteiger partial charge in [-0.2, -0.15) is 0 Å². The van der Waals surface area contributed by atoms with Crippen LogP contribution in [-0.2, 0) is 16.0 Å². The molecule has 0 atom stereocenters. The van der Waals surface area contributed by atoms with Crippen LogP contribution in [0, 0.1) is 0 Å². The Labute approximate surface area is 140 Å². The Morgan fingerprint density at radius 2 is 1.87 bits per heavy atom. The first-order valence-electron chi connectivity index (χ1n) is 7.43. The molecule has 2 rings (SSSR count). The Balaban J connectivity index is 2.57. The van der Waals surface area contributed by atoms with Gasteiger partial charge in [0.15, 0.2) is 5.69 Å². The molecule has 6 heteroatoms. The number of hydrogen-bond donors (Lipinski definition) is 1. The summed E-state index contributed by atoms with van der Waals surface area (Å²) in [6.07, 6.45) is 0.918. The minimum Gasteiger partial charge on any atom is -0.461 e. The molecule has 0 bridgehead atoms. The number of aromatic nitrogens is 1. The zero-order valence-electron chi connectivity index (χ0n) is 13.4. The molecule has 0 aliphatic carbocycles. The third-order valence-corrected chi connectivity index (χ3v) is 3.62. The average Bonchev–Trinajstić information content (AvgIpc) is 2.83. The van der Waals surface area contributed by atoms with Gasteiger partial charge in [0.25, 0.3) is 0 Å². The lowest BCUT2D eigenvalue weighted by molar-refractivity contribution is -0.114. The highest BCUT2D eigenvalue weighted by Gasteiger charge is 2.23. The van der Waals surface area contributed by atoms with E-state index in [2.05, 4.69) is 12.2 Å². The smallest absolute Gasteiger partial charge is 0.357 e. The van der Waals surface area contributed by atoms with Crippen molar-refractivity contribution in [1.82, 2.24) is 4.57 Å². The number of aryl methyl sites for hydroxylation is 1. The molecular formula is C17H19ClN2O3. The number of nitrogens with zero attached hydrogens (tertiary/aromatic N) is 1. The van der Waals surface area contributed by atoms with Crippen molar-refractivity contribution in [3.63, 3.8) is 0 Å². The van der Waals surface area contributed by atoms with Crippen LogP contribution in [0.1, 0.15) is 36.8 Å². The highest BCUT2D eigenvalue weighted by Crippen LogP contribution is 2.30. The van der Waals surface area contributed by atoms with Gasteiger partial charge in [-0.25, -0.2) is 4.79 Å². The Kier molecular flexibility index (Phi) is 5.45. The van der Waals surface area contributed by atoms with Crippen molar-refractivity contribution in [2.24, 2.45) is 0 Å². The lowest BCUT2D eigenvalue weighted by Gasteiger charge is -2.12. The van der Waals surface area contributed by atoms with E-state index in [1.807, 2.05) is 24.3 Å². The number of nitrogens with one attached hydrogen (secondary N) is 1. The van der Waals surface area contributed by atoms with Crippen LogP contribution in [0.3, 0.4) is 0 Å². The van der Waals surface area contributed by atoms with Crippen molar-refractivity contribution in [3.8, 4) is 5.69 Å². The fraction of sp³-hybridized carbons (Fsp3) is 0.294. The lowest BCUT2D eigenvalue weighted by atomic mass is 10.1. The highest BCUT2D eigenvalue weighted by atomic mass is 35.5. The molecule has 0 unspecified atom stereocenters. The molecule has 1 amide bonds. The van der Waals surface area contributed by atoms with Gasteiger partial charge in [0.1, 0.15) is 5.15 Å². The van der Waals surface area contributed by atoms with Crippen LogP contribution >= 0.6 is 11.6 Å². The van der Waals surface area contributed by atoms with Gasteiger partial charge in [-0.3, -0.25) is 9.36 Å². The fourth-order valence-electron chi connectivity index (χ4n) is 2.30. The zero-order chi connectivity index (χ0) is 17.0. The number of carbonyl (C=O) groups is 2. The molecule has 0 aliphatic heterocycles. The van der Waals surface area contributed by atoms with Crippen molar-refractivity contribution >= 4 is 29.2 Å². The third kappa shape index (κ3) is 3.74. The monoisotopic (exact) mass is 334 g/mol. The maximum atomic E-state index is 12.3. The largest absolute Gasteiger partial charge is 0.461 e. The van der Waals surface area contributed by atoms with Crippen molar-refractivity contribution in [2.45, 2.75) is 27.2 Å². The zero-order valence-corrected chi connectivity index (χ0v) is 14.1. The van der Waals surface area contributed by atoms with E-state index in [4.69, 9.17) is 16.3 Å². The molecule has 2 aromatic rings. The summed E-state index contributed by atoms with van der Waals surface area (Å²) < 4.78 is 6.67. The second-order valence-electron chi connectivity index (χ2n) is 4.99. The summed E-state index contributed by atoms with van der Waals surface area (Å²) in [6.45, 7) is 5.39. The molecule has 23 heavy (non-hydrogen) atoms. The number of benzene rings is 1. The van der Waals surface area contributed by atoms with E-state index in [-0.39, 0.29) is 18.2 Å². The first kappa shape index (κ1) is 17.1. The van der Waals surface area contributed by atoms with Crippen LogP contribution in [0.25, 0.3) is 5.69 Å². The van der Waals surface area contributed by atoms with Gasteiger partial charge >= 0.3 is 5.97 Å². The standard InChI is InChI=1S/C17H19ClN2O3/c1-4-12-6-8-13(9-7-12)20-15(18)10-14(19-11(3)21)16(20)17(22)23-5-2/h6-10H,4-5H2,1-3H3,(H,19,21). The first-order valence-corrected chi connectivity index (χ1v) is 7.81. The second kappa shape index (κ2) is 7.33. The van der Waals surface area contributed by atoms with Gasteiger partial charge in [0.2, 0.25) is 5.91 Å². The van der Waals surface area contributed by atoms with E-state index in [0.717, 1.165) is 12.1 Å². The molecule has 0 spiro atoms. The molecule has 1 aromatic heterocycles. The Morgan fingerprint density at radius 3 is 2.39 bits per heavy atom. The molecule has 1 N–H and O–H groups in total. The number of esters is 1. The molecule has 5 nitrogen and oxygen atoms in total. The van der Waals surface area contributed by atoms with E-state index < -0.39 is 5.97 Å². The van der Waals surface area contributed by atoms with Crippen LogP contribution in [0.15, 0.2) is 30.3 Å². The van der Waals surface area contributed by atoms with E-state index >= 15 is 0 Å². The van der Waals surface area contributed by atoms with Crippen molar-refractivity contribution < 1.29 is 14.3 Å². The number of hydrogen-bond acceptors (Lipinski definition) is 3.